The molecule has 0 N–H and O–H groups in total. The summed E-state index contributed by atoms with van der Waals surface area (Å²) in [5, 5.41) is 4.27. The largest absolute Gasteiger partial charge is 0.331 e. The van der Waals surface area contributed by atoms with E-state index in [1.807, 2.05) is 17.9 Å². The number of likely N-dealkylation sites (tertiary alicyclic amines) is 1. The van der Waals surface area contributed by atoms with E-state index >= 15 is 0 Å². The van der Waals surface area contributed by atoms with Gasteiger partial charge in [-0.2, -0.15) is 5.10 Å². The Labute approximate surface area is 140 Å². The molecular weight excluding hydrogens is 308 g/mol. The van der Waals surface area contributed by atoms with Gasteiger partial charge in [-0.1, -0.05) is 0 Å². The normalized spacial score (nSPS) is 29.7. The SMILES string of the molecule is Cc1cc(C(=O)N2C3CCC2CC(N2C(=O)CCC2=O)C3)n(C)n1. The van der Waals surface area contributed by atoms with Crippen LogP contribution in [0.5, 0.6) is 0 Å². The number of amides is 3. The lowest BCUT2D eigenvalue weighted by Gasteiger charge is -2.41. The van der Waals surface area contributed by atoms with E-state index in [0.29, 0.717) is 31.4 Å². The molecule has 128 valence electrons. The molecule has 1 aromatic rings. The van der Waals surface area contributed by atoms with Crippen LogP contribution in [0.2, 0.25) is 0 Å². The van der Waals surface area contributed by atoms with Crippen LogP contribution in [-0.2, 0) is 16.6 Å². The van der Waals surface area contributed by atoms with Crippen LogP contribution >= 0.6 is 0 Å². The Morgan fingerprint density at radius 3 is 2.17 bits per heavy atom. The fourth-order valence-corrected chi connectivity index (χ4v) is 4.63. The summed E-state index contributed by atoms with van der Waals surface area (Å²) in [5.41, 5.74) is 1.44. The third kappa shape index (κ3) is 2.25. The molecule has 3 fully saturated rings. The number of hydrogen-bond acceptors (Lipinski definition) is 4. The molecule has 4 rings (SSSR count). The summed E-state index contributed by atoms with van der Waals surface area (Å²) < 4.78 is 1.64. The number of nitrogens with zero attached hydrogens (tertiary/aromatic N) is 4. The summed E-state index contributed by atoms with van der Waals surface area (Å²) in [6.45, 7) is 1.88. The second kappa shape index (κ2) is 5.43. The second-order valence-corrected chi connectivity index (χ2v) is 7.17. The van der Waals surface area contributed by atoms with Crippen molar-refractivity contribution in [3.63, 3.8) is 0 Å². The summed E-state index contributed by atoms with van der Waals surface area (Å²) in [6, 6.07) is 2.00. The van der Waals surface area contributed by atoms with Gasteiger partial charge in [-0.15, -0.1) is 0 Å². The molecule has 1 aromatic heterocycles. The van der Waals surface area contributed by atoms with Crippen LogP contribution in [0.3, 0.4) is 0 Å². The molecule has 0 aromatic carbocycles. The van der Waals surface area contributed by atoms with Crippen LogP contribution in [0.15, 0.2) is 6.07 Å². The fourth-order valence-electron chi connectivity index (χ4n) is 4.63. The minimum Gasteiger partial charge on any atom is -0.331 e. The Morgan fingerprint density at radius 1 is 1.08 bits per heavy atom. The zero-order valence-corrected chi connectivity index (χ0v) is 14.1. The lowest BCUT2D eigenvalue weighted by Crippen LogP contribution is -2.53. The second-order valence-electron chi connectivity index (χ2n) is 7.17. The maximum Gasteiger partial charge on any atom is 0.272 e. The first-order valence-corrected chi connectivity index (χ1v) is 8.64. The van der Waals surface area contributed by atoms with Gasteiger partial charge in [0.2, 0.25) is 11.8 Å². The van der Waals surface area contributed by atoms with E-state index in [9.17, 15) is 14.4 Å². The maximum absolute atomic E-state index is 13.0. The first kappa shape index (κ1) is 15.4. The average molecular weight is 330 g/mol. The Balaban J connectivity index is 1.55. The van der Waals surface area contributed by atoms with Gasteiger partial charge in [0, 0.05) is 38.0 Å². The van der Waals surface area contributed by atoms with Crippen LogP contribution in [0.4, 0.5) is 0 Å². The molecule has 0 saturated carbocycles. The Morgan fingerprint density at radius 2 is 1.67 bits per heavy atom. The molecular formula is C17H22N4O3. The number of aryl methyl sites for hydroxylation is 2. The van der Waals surface area contributed by atoms with Crippen molar-refractivity contribution in [1.29, 1.82) is 0 Å². The molecule has 0 radical (unpaired) electrons. The van der Waals surface area contributed by atoms with E-state index in [2.05, 4.69) is 5.10 Å². The first-order chi connectivity index (χ1) is 11.5. The highest BCUT2D eigenvalue weighted by Crippen LogP contribution is 2.39. The van der Waals surface area contributed by atoms with Crippen molar-refractivity contribution in [2.45, 2.75) is 63.6 Å². The predicted molar refractivity (Wildman–Crippen MR) is 85.0 cm³/mol. The summed E-state index contributed by atoms with van der Waals surface area (Å²) in [4.78, 5) is 40.4. The fraction of sp³-hybridized carbons (Fsp3) is 0.647. The van der Waals surface area contributed by atoms with Gasteiger partial charge >= 0.3 is 0 Å². The van der Waals surface area contributed by atoms with E-state index in [4.69, 9.17) is 0 Å². The Kier molecular flexibility index (Phi) is 3.47. The number of carbonyl (C=O) groups excluding carboxylic acids is 3. The highest BCUT2D eigenvalue weighted by molar-refractivity contribution is 6.02. The molecule has 3 amide bonds. The molecule has 24 heavy (non-hydrogen) atoms. The average Bonchev–Trinajstić information content (AvgIpc) is 3.13. The smallest absolute Gasteiger partial charge is 0.272 e. The molecule has 2 atom stereocenters. The number of imide groups is 1. The highest BCUT2D eigenvalue weighted by Gasteiger charge is 2.48. The van der Waals surface area contributed by atoms with Crippen molar-refractivity contribution in [2.24, 2.45) is 7.05 Å². The number of piperidine rings is 1. The van der Waals surface area contributed by atoms with E-state index in [0.717, 1.165) is 18.5 Å². The zero-order valence-electron chi connectivity index (χ0n) is 14.1. The molecule has 2 unspecified atom stereocenters. The third-order valence-corrected chi connectivity index (χ3v) is 5.62. The van der Waals surface area contributed by atoms with Crippen LogP contribution in [0.25, 0.3) is 0 Å². The molecule has 7 heteroatoms. The molecule has 3 aliphatic rings. The summed E-state index contributed by atoms with van der Waals surface area (Å²) >= 11 is 0. The number of aromatic nitrogens is 2. The number of hydrogen-bond donors (Lipinski definition) is 0. The van der Waals surface area contributed by atoms with Crippen molar-refractivity contribution < 1.29 is 14.4 Å². The quantitative estimate of drug-likeness (QED) is 0.759. The van der Waals surface area contributed by atoms with Crippen molar-refractivity contribution in [2.75, 3.05) is 0 Å². The van der Waals surface area contributed by atoms with Gasteiger partial charge in [-0.3, -0.25) is 24.0 Å². The van der Waals surface area contributed by atoms with E-state index in [-0.39, 0.29) is 35.8 Å². The van der Waals surface area contributed by atoms with Crippen molar-refractivity contribution in [3.05, 3.63) is 17.5 Å². The molecule has 7 nitrogen and oxygen atoms in total. The molecule has 3 aliphatic heterocycles. The van der Waals surface area contributed by atoms with E-state index in [1.165, 1.54) is 4.90 Å². The summed E-state index contributed by atoms with van der Waals surface area (Å²) in [7, 11) is 1.79. The summed E-state index contributed by atoms with van der Waals surface area (Å²) in [6.07, 6.45) is 3.97. The van der Waals surface area contributed by atoms with E-state index in [1.54, 1.807) is 11.7 Å². The highest BCUT2D eigenvalue weighted by atomic mass is 16.2. The number of carbonyl (C=O) groups is 3. The van der Waals surface area contributed by atoms with Gasteiger partial charge < -0.3 is 4.90 Å². The van der Waals surface area contributed by atoms with Crippen LogP contribution in [0, 0.1) is 6.92 Å². The minimum atomic E-state index is -0.0496. The van der Waals surface area contributed by atoms with Crippen LogP contribution in [-0.4, -0.2) is 55.4 Å². The Hall–Kier alpha value is -2.18. The van der Waals surface area contributed by atoms with Gasteiger partial charge in [0.25, 0.3) is 5.91 Å². The van der Waals surface area contributed by atoms with Crippen molar-refractivity contribution in [3.8, 4) is 0 Å². The first-order valence-electron chi connectivity index (χ1n) is 8.64. The zero-order chi connectivity index (χ0) is 17.0. The number of rotatable bonds is 2. The molecule has 4 heterocycles. The molecule has 3 saturated heterocycles. The molecule has 0 aliphatic carbocycles. The predicted octanol–water partition coefficient (Wildman–Crippen LogP) is 1.01. The van der Waals surface area contributed by atoms with Crippen LogP contribution in [0.1, 0.15) is 54.7 Å². The minimum absolute atomic E-state index is 0.0168. The molecule has 2 bridgehead atoms. The van der Waals surface area contributed by atoms with Crippen molar-refractivity contribution >= 4 is 17.7 Å². The van der Waals surface area contributed by atoms with Gasteiger partial charge in [-0.25, -0.2) is 0 Å². The maximum atomic E-state index is 13.0. The van der Waals surface area contributed by atoms with Crippen molar-refractivity contribution in [1.82, 2.24) is 19.6 Å². The van der Waals surface area contributed by atoms with Gasteiger partial charge in [0.1, 0.15) is 5.69 Å². The van der Waals surface area contributed by atoms with Gasteiger partial charge in [-0.05, 0) is 38.7 Å². The monoisotopic (exact) mass is 330 g/mol. The van der Waals surface area contributed by atoms with Gasteiger partial charge in [0.15, 0.2) is 0 Å². The standard InChI is InChI=1S/C17H22N4O3/c1-10-7-14(19(2)18-10)17(24)20-11-3-4-12(20)9-13(8-11)21-15(22)5-6-16(21)23/h7,11-13H,3-6,8-9H2,1-2H3. The van der Waals surface area contributed by atoms with Crippen LogP contribution < -0.4 is 0 Å². The van der Waals surface area contributed by atoms with E-state index < -0.39 is 0 Å². The molecule has 0 spiro atoms. The number of fused-ring (bicyclic) bond motifs is 2. The van der Waals surface area contributed by atoms with Gasteiger partial charge in [0.05, 0.1) is 5.69 Å². The lowest BCUT2D eigenvalue weighted by atomic mass is 9.95. The lowest BCUT2D eigenvalue weighted by molar-refractivity contribution is -0.142. The Bertz CT molecular complexity index is 695. The topological polar surface area (TPSA) is 75.5 Å². The summed E-state index contributed by atoms with van der Waals surface area (Å²) in [5.74, 6) is -0.0824. The third-order valence-electron chi connectivity index (χ3n) is 5.62.